The molecule has 0 aliphatic carbocycles. The van der Waals surface area contributed by atoms with Crippen molar-refractivity contribution in [3.63, 3.8) is 0 Å². The third-order valence-electron chi connectivity index (χ3n) is 6.10. The second-order valence-electron chi connectivity index (χ2n) is 8.16. The van der Waals surface area contributed by atoms with Crippen molar-refractivity contribution in [3.8, 4) is 5.75 Å². The van der Waals surface area contributed by atoms with Crippen molar-refractivity contribution in [1.82, 2.24) is 9.80 Å². The van der Waals surface area contributed by atoms with Gasteiger partial charge < -0.3 is 19.6 Å². The Bertz CT molecular complexity index is 965. The maximum Gasteiger partial charge on any atom is 0.295 e. The molecule has 6 heteroatoms. The van der Waals surface area contributed by atoms with Crippen molar-refractivity contribution < 1.29 is 19.4 Å². The van der Waals surface area contributed by atoms with E-state index in [9.17, 15) is 14.7 Å². The molecule has 1 saturated heterocycles. The van der Waals surface area contributed by atoms with Crippen LogP contribution in [0.25, 0.3) is 5.76 Å². The topological polar surface area (TPSA) is 70.1 Å². The maximum absolute atomic E-state index is 13.1. The average molecular weight is 451 g/mol. The van der Waals surface area contributed by atoms with Crippen molar-refractivity contribution in [3.05, 3.63) is 71.3 Å². The van der Waals surface area contributed by atoms with Crippen LogP contribution in [0.15, 0.2) is 60.2 Å². The zero-order valence-electron chi connectivity index (χ0n) is 19.8. The van der Waals surface area contributed by atoms with Gasteiger partial charge in [-0.05, 0) is 37.2 Å². The number of aliphatic hydroxyl groups is 1. The van der Waals surface area contributed by atoms with Crippen LogP contribution in [0.5, 0.6) is 5.75 Å². The first-order chi connectivity index (χ1) is 16.0. The fraction of sp³-hybridized carbons (Fsp3) is 0.407. The number of likely N-dealkylation sites (N-methyl/N-ethyl adjacent to an activating group) is 1. The van der Waals surface area contributed by atoms with Crippen LogP contribution in [0.4, 0.5) is 0 Å². The number of hydrogen-bond donors (Lipinski definition) is 1. The Kier molecular flexibility index (Phi) is 8.66. The second-order valence-corrected chi connectivity index (χ2v) is 8.16. The van der Waals surface area contributed by atoms with Gasteiger partial charge in [0.2, 0.25) is 0 Å². The van der Waals surface area contributed by atoms with Crippen LogP contribution in [-0.4, -0.2) is 59.4 Å². The van der Waals surface area contributed by atoms with Crippen LogP contribution >= 0.6 is 0 Å². The first kappa shape index (κ1) is 24.5. The van der Waals surface area contributed by atoms with Gasteiger partial charge in [-0.1, -0.05) is 69.7 Å². The van der Waals surface area contributed by atoms with E-state index in [2.05, 4.69) is 25.7 Å². The SMILES string of the molecule is CCCCOc1ccc(C2/C(=C(\O)c3ccccc3)C(=O)C(=O)N2CCN(CC)CC)cc1. The Balaban J connectivity index is 1.99. The first-order valence-electron chi connectivity index (χ1n) is 11.8. The smallest absolute Gasteiger partial charge is 0.295 e. The summed E-state index contributed by atoms with van der Waals surface area (Å²) in [6.45, 7) is 9.67. The van der Waals surface area contributed by atoms with Crippen LogP contribution in [0, 0.1) is 0 Å². The number of amides is 1. The number of rotatable bonds is 11. The van der Waals surface area contributed by atoms with Gasteiger partial charge in [-0.3, -0.25) is 9.59 Å². The lowest BCUT2D eigenvalue weighted by molar-refractivity contribution is -0.140. The van der Waals surface area contributed by atoms with Crippen LogP contribution in [0.2, 0.25) is 0 Å². The molecule has 1 fully saturated rings. The highest BCUT2D eigenvalue weighted by Gasteiger charge is 2.45. The monoisotopic (exact) mass is 450 g/mol. The van der Waals surface area contributed by atoms with Crippen molar-refractivity contribution in [2.45, 2.75) is 39.7 Å². The minimum absolute atomic E-state index is 0.130. The lowest BCUT2D eigenvalue weighted by Gasteiger charge is -2.28. The van der Waals surface area contributed by atoms with Gasteiger partial charge >= 0.3 is 0 Å². The molecule has 1 aliphatic heterocycles. The summed E-state index contributed by atoms with van der Waals surface area (Å²) in [6, 6.07) is 15.7. The molecule has 2 aromatic carbocycles. The van der Waals surface area contributed by atoms with E-state index in [-0.39, 0.29) is 11.3 Å². The van der Waals surface area contributed by atoms with Crippen molar-refractivity contribution in [2.75, 3.05) is 32.8 Å². The number of ether oxygens (including phenoxy) is 1. The maximum atomic E-state index is 13.1. The van der Waals surface area contributed by atoms with E-state index < -0.39 is 17.7 Å². The number of likely N-dealkylation sites (tertiary alicyclic amines) is 1. The number of aliphatic hydroxyl groups excluding tert-OH is 1. The number of carbonyl (C=O) groups excluding carboxylic acids is 2. The molecule has 1 N–H and O–H groups in total. The summed E-state index contributed by atoms with van der Waals surface area (Å²) in [5, 5.41) is 11.1. The Morgan fingerprint density at radius 2 is 1.67 bits per heavy atom. The van der Waals surface area contributed by atoms with E-state index in [1.807, 2.05) is 30.3 Å². The van der Waals surface area contributed by atoms with Crippen molar-refractivity contribution >= 4 is 17.4 Å². The molecule has 3 rings (SSSR count). The number of carbonyl (C=O) groups is 2. The number of nitrogens with zero attached hydrogens (tertiary/aromatic N) is 2. The zero-order valence-corrected chi connectivity index (χ0v) is 19.8. The molecule has 33 heavy (non-hydrogen) atoms. The molecule has 1 unspecified atom stereocenters. The summed E-state index contributed by atoms with van der Waals surface area (Å²) in [7, 11) is 0. The van der Waals surface area contributed by atoms with Crippen molar-refractivity contribution in [2.24, 2.45) is 0 Å². The minimum Gasteiger partial charge on any atom is -0.507 e. The summed E-state index contributed by atoms with van der Waals surface area (Å²) >= 11 is 0. The standard InChI is InChI=1S/C27H34N2O4/c1-4-7-19-33-22-15-13-20(14-16-22)24-23(25(30)21-11-9-8-10-12-21)26(31)27(32)29(24)18-17-28(5-2)6-3/h8-16,24,30H,4-7,17-19H2,1-3H3/b25-23+. The highest BCUT2D eigenvalue weighted by molar-refractivity contribution is 6.46. The minimum atomic E-state index is -0.649. The Morgan fingerprint density at radius 1 is 1.00 bits per heavy atom. The lowest BCUT2D eigenvalue weighted by Crippen LogP contribution is -2.38. The van der Waals surface area contributed by atoms with Crippen molar-refractivity contribution in [1.29, 1.82) is 0 Å². The third kappa shape index (κ3) is 5.63. The molecule has 1 aliphatic rings. The largest absolute Gasteiger partial charge is 0.507 e. The molecule has 0 saturated carbocycles. The van der Waals surface area contributed by atoms with Crippen LogP contribution in [0.3, 0.4) is 0 Å². The normalized spacial score (nSPS) is 17.7. The molecule has 1 amide bonds. The highest BCUT2D eigenvalue weighted by atomic mass is 16.5. The van der Waals surface area contributed by atoms with E-state index in [0.29, 0.717) is 25.3 Å². The molecule has 2 aromatic rings. The molecular weight excluding hydrogens is 416 g/mol. The molecule has 0 spiro atoms. The lowest BCUT2D eigenvalue weighted by atomic mass is 9.95. The van der Waals surface area contributed by atoms with Gasteiger partial charge in [0, 0.05) is 18.7 Å². The number of hydrogen-bond acceptors (Lipinski definition) is 5. The fourth-order valence-corrected chi connectivity index (χ4v) is 4.08. The van der Waals surface area contributed by atoms with Gasteiger partial charge in [-0.25, -0.2) is 0 Å². The molecule has 1 atom stereocenters. The Labute approximate surface area is 196 Å². The van der Waals surface area contributed by atoms with E-state index >= 15 is 0 Å². The predicted molar refractivity (Wildman–Crippen MR) is 130 cm³/mol. The number of ketones is 1. The van der Waals surface area contributed by atoms with Gasteiger partial charge in [0.15, 0.2) is 0 Å². The van der Waals surface area contributed by atoms with E-state index in [1.54, 1.807) is 29.2 Å². The van der Waals surface area contributed by atoms with Gasteiger partial charge in [0.1, 0.15) is 11.5 Å². The summed E-state index contributed by atoms with van der Waals surface area (Å²) in [5.74, 6) is -0.625. The molecule has 0 aromatic heterocycles. The summed E-state index contributed by atoms with van der Waals surface area (Å²) < 4.78 is 5.77. The highest BCUT2D eigenvalue weighted by Crippen LogP contribution is 2.39. The van der Waals surface area contributed by atoms with Gasteiger partial charge in [-0.2, -0.15) is 0 Å². The van der Waals surface area contributed by atoms with Crippen LogP contribution < -0.4 is 4.74 Å². The summed E-state index contributed by atoms with van der Waals surface area (Å²) in [5.41, 5.74) is 1.42. The molecule has 1 heterocycles. The Morgan fingerprint density at radius 3 is 2.27 bits per heavy atom. The molecule has 6 nitrogen and oxygen atoms in total. The van der Waals surface area contributed by atoms with Crippen LogP contribution in [0.1, 0.15) is 50.8 Å². The predicted octanol–water partition coefficient (Wildman–Crippen LogP) is 4.63. The second kappa shape index (κ2) is 11.7. The number of Topliss-reactive ketones (excluding diaryl/α,β-unsaturated/α-hetero) is 1. The molecule has 0 radical (unpaired) electrons. The number of benzene rings is 2. The molecular formula is C27H34N2O4. The zero-order chi connectivity index (χ0) is 23.8. The van der Waals surface area contributed by atoms with E-state index in [1.165, 1.54) is 0 Å². The third-order valence-corrected chi connectivity index (χ3v) is 6.10. The summed E-state index contributed by atoms with van der Waals surface area (Å²) in [4.78, 5) is 29.9. The van der Waals surface area contributed by atoms with Gasteiger partial charge in [0.05, 0.1) is 18.2 Å². The number of unbranched alkanes of at least 4 members (excludes halogenated alkanes) is 1. The average Bonchev–Trinajstić information content (AvgIpc) is 3.10. The molecule has 176 valence electrons. The summed E-state index contributed by atoms with van der Waals surface area (Å²) in [6.07, 6.45) is 2.03. The van der Waals surface area contributed by atoms with Gasteiger partial charge in [0.25, 0.3) is 11.7 Å². The quantitative estimate of drug-likeness (QED) is 0.234. The van der Waals surface area contributed by atoms with E-state index in [4.69, 9.17) is 4.74 Å². The Hall–Kier alpha value is -3.12. The fourth-order valence-electron chi connectivity index (χ4n) is 4.08. The first-order valence-corrected chi connectivity index (χ1v) is 11.8. The van der Waals surface area contributed by atoms with E-state index in [0.717, 1.165) is 37.2 Å². The van der Waals surface area contributed by atoms with Gasteiger partial charge in [-0.15, -0.1) is 0 Å². The van der Waals surface area contributed by atoms with Crippen LogP contribution in [-0.2, 0) is 9.59 Å². The molecule has 0 bridgehead atoms.